The molecule has 3 unspecified atom stereocenters. The Morgan fingerprint density at radius 3 is 3.11 bits per heavy atom. The van der Waals surface area contributed by atoms with Crippen LogP contribution in [0, 0.1) is 0 Å². The van der Waals surface area contributed by atoms with Crippen LogP contribution in [-0.4, -0.2) is 61.8 Å². The summed E-state index contributed by atoms with van der Waals surface area (Å²) in [5.41, 5.74) is 0. The molecule has 3 saturated heterocycles. The van der Waals surface area contributed by atoms with E-state index in [1.54, 1.807) is 0 Å². The molecule has 108 valence electrons. The van der Waals surface area contributed by atoms with Gasteiger partial charge in [-0.05, 0) is 25.8 Å². The number of piperidine rings is 1. The SMILES string of the molecule is O=C(CC1CNCCO1)NC1CCN2CCCCC12. The maximum Gasteiger partial charge on any atom is 0.222 e. The summed E-state index contributed by atoms with van der Waals surface area (Å²) in [7, 11) is 0. The van der Waals surface area contributed by atoms with Crippen LogP contribution in [0.3, 0.4) is 0 Å². The van der Waals surface area contributed by atoms with Gasteiger partial charge >= 0.3 is 0 Å². The van der Waals surface area contributed by atoms with E-state index in [1.165, 1.54) is 25.8 Å². The zero-order chi connectivity index (χ0) is 13.1. The molecule has 0 spiro atoms. The van der Waals surface area contributed by atoms with Crippen LogP contribution in [0.4, 0.5) is 0 Å². The lowest BCUT2D eigenvalue weighted by Crippen LogP contribution is -2.48. The van der Waals surface area contributed by atoms with Gasteiger partial charge < -0.3 is 15.4 Å². The first-order chi connectivity index (χ1) is 9.33. The van der Waals surface area contributed by atoms with Crippen LogP contribution in [0.15, 0.2) is 0 Å². The fourth-order valence-electron chi connectivity index (χ4n) is 3.64. The highest BCUT2D eigenvalue weighted by molar-refractivity contribution is 5.77. The second-order valence-electron chi connectivity index (χ2n) is 5.96. The van der Waals surface area contributed by atoms with Crippen LogP contribution in [0.5, 0.6) is 0 Å². The van der Waals surface area contributed by atoms with E-state index in [0.717, 1.165) is 32.7 Å². The summed E-state index contributed by atoms with van der Waals surface area (Å²) in [6.45, 7) is 4.78. The number of ether oxygens (including phenoxy) is 1. The minimum atomic E-state index is 0.0533. The van der Waals surface area contributed by atoms with Crippen LogP contribution in [0.2, 0.25) is 0 Å². The minimum absolute atomic E-state index is 0.0533. The molecule has 3 aliphatic heterocycles. The molecule has 1 amide bonds. The Bertz CT molecular complexity index is 318. The fraction of sp³-hybridized carbons (Fsp3) is 0.929. The van der Waals surface area contributed by atoms with Gasteiger partial charge in [0.25, 0.3) is 0 Å². The van der Waals surface area contributed by atoms with Crippen molar-refractivity contribution in [3.8, 4) is 0 Å². The molecule has 19 heavy (non-hydrogen) atoms. The third-order valence-electron chi connectivity index (χ3n) is 4.62. The van der Waals surface area contributed by atoms with Crippen molar-refractivity contribution in [1.82, 2.24) is 15.5 Å². The number of nitrogens with one attached hydrogen (secondary N) is 2. The molecular formula is C14H25N3O2. The largest absolute Gasteiger partial charge is 0.375 e. The van der Waals surface area contributed by atoms with Gasteiger partial charge in [-0.1, -0.05) is 6.42 Å². The van der Waals surface area contributed by atoms with Crippen molar-refractivity contribution in [1.29, 1.82) is 0 Å². The van der Waals surface area contributed by atoms with Gasteiger partial charge in [-0.25, -0.2) is 0 Å². The summed E-state index contributed by atoms with van der Waals surface area (Å²) >= 11 is 0. The zero-order valence-electron chi connectivity index (χ0n) is 11.6. The highest BCUT2D eigenvalue weighted by Crippen LogP contribution is 2.27. The maximum atomic E-state index is 12.1. The van der Waals surface area contributed by atoms with Gasteiger partial charge in [0.2, 0.25) is 5.91 Å². The van der Waals surface area contributed by atoms with E-state index in [0.29, 0.717) is 18.5 Å². The summed E-state index contributed by atoms with van der Waals surface area (Å²) in [4.78, 5) is 14.7. The number of hydrogen-bond donors (Lipinski definition) is 2. The summed E-state index contributed by atoms with van der Waals surface area (Å²) in [6, 6.07) is 0.951. The molecule has 0 saturated carbocycles. The highest BCUT2D eigenvalue weighted by atomic mass is 16.5. The van der Waals surface area contributed by atoms with Crippen molar-refractivity contribution < 1.29 is 9.53 Å². The van der Waals surface area contributed by atoms with Crippen molar-refractivity contribution in [2.24, 2.45) is 0 Å². The van der Waals surface area contributed by atoms with Crippen molar-refractivity contribution in [3.05, 3.63) is 0 Å². The van der Waals surface area contributed by atoms with E-state index in [2.05, 4.69) is 15.5 Å². The molecule has 3 rings (SSSR count). The minimum Gasteiger partial charge on any atom is -0.375 e. The van der Waals surface area contributed by atoms with E-state index in [-0.39, 0.29) is 12.0 Å². The standard InChI is InChI=1S/C14H25N3O2/c18-14(9-11-10-15-5-8-19-11)16-12-4-7-17-6-2-1-3-13(12)17/h11-13,15H,1-10H2,(H,16,18). The topological polar surface area (TPSA) is 53.6 Å². The van der Waals surface area contributed by atoms with Gasteiger partial charge in [0, 0.05) is 31.7 Å². The third-order valence-corrected chi connectivity index (χ3v) is 4.62. The van der Waals surface area contributed by atoms with Gasteiger partial charge in [-0.2, -0.15) is 0 Å². The first-order valence-corrected chi connectivity index (χ1v) is 7.68. The molecule has 2 N–H and O–H groups in total. The molecule has 0 aromatic rings. The lowest BCUT2D eigenvalue weighted by molar-refractivity contribution is -0.125. The van der Waals surface area contributed by atoms with E-state index >= 15 is 0 Å². The number of hydrogen-bond acceptors (Lipinski definition) is 4. The smallest absolute Gasteiger partial charge is 0.222 e. The average Bonchev–Trinajstić information content (AvgIpc) is 2.83. The molecule has 0 radical (unpaired) electrons. The normalized spacial score (nSPS) is 35.9. The van der Waals surface area contributed by atoms with Crippen LogP contribution in [0.25, 0.3) is 0 Å². The molecule has 5 heteroatoms. The first-order valence-electron chi connectivity index (χ1n) is 7.68. The van der Waals surface area contributed by atoms with Crippen LogP contribution in [-0.2, 0) is 9.53 Å². The van der Waals surface area contributed by atoms with E-state index in [4.69, 9.17) is 4.74 Å². The van der Waals surface area contributed by atoms with Crippen molar-refractivity contribution in [2.45, 2.75) is 50.3 Å². The lowest BCUT2D eigenvalue weighted by Gasteiger charge is -2.32. The summed E-state index contributed by atoms with van der Waals surface area (Å²) in [5.74, 6) is 0.158. The Balaban J connectivity index is 1.46. The predicted octanol–water partition coefficient (Wildman–Crippen LogP) is 0.108. The molecule has 5 nitrogen and oxygen atoms in total. The first kappa shape index (κ1) is 13.3. The molecule has 0 aromatic heterocycles. The summed E-state index contributed by atoms with van der Waals surface area (Å²) in [5, 5.41) is 6.50. The van der Waals surface area contributed by atoms with E-state index in [1.807, 2.05) is 0 Å². The summed E-state index contributed by atoms with van der Waals surface area (Å²) in [6.07, 6.45) is 5.53. The van der Waals surface area contributed by atoms with Gasteiger partial charge in [-0.15, -0.1) is 0 Å². The van der Waals surface area contributed by atoms with Crippen molar-refractivity contribution in [3.63, 3.8) is 0 Å². The Hall–Kier alpha value is -0.650. The Kier molecular flexibility index (Phi) is 4.35. The van der Waals surface area contributed by atoms with Gasteiger partial charge in [0.05, 0.1) is 19.1 Å². The Morgan fingerprint density at radius 2 is 2.26 bits per heavy atom. The van der Waals surface area contributed by atoms with Crippen molar-refractivity contribution in [2.75, 3.05) is 32.8 Å². The molecule has 3 fully saturated rings. The second-order valence-corrected chi connectivity index (χ2v) is 5.96. The van der Waals surface area contributed by atoms with Crippen LogP contribution in [0.1, 0.15) is 32.1 Å². The number of amides is 1. The van der Waals surface area contributed by atoms with Crippen LogP contribution >= 0.6 is 0 Å². The molecule has 3 heterocycles. The Morgan fingerprint density at radius 1 is 1.32 bits per heavy atom. The van der Waals surface area contributed by atoms with Crippen LogP contribution < -0.4 is 10.6 Å². The van der Waals surface area contributed by atoms with Crippen molar-refractivity contribution >= 4 is 5.91 Å². The number of rotatable bonds is 3. The summed E-state index contributed by atoms with van der Waals surface area (Å²) < 4.78 is 5.59. The van der Waals surface area contributed by atoms with Gasteiger partial charge in [0.1, 0.15) is 0 Å². The number of carbonyl (C=O) groups is 1. The average molecular weight is 267 g/mol. The number of carbonyl (C=O) groups excluding carboxylic acids is 1. The van der Waals surface area contributed by atoms with E-state index < -0.39 is 0 Å². The second kappa shape index (κ2) is 6.20. The maximum absolute atomic E-state index is 12.1. The number of morpholine rings is 1. The quantitative estimate of drug-likeness (QED) is 0.762. The molecule has 0 bridgehead atoms. The zero-order valence-corrected chi connectivity index (χ0v) is 11.6. The molecule has 0 aliphatic carbocycles. The fourth-order valence-corrected chi connectivity index (χ4v) is 3.64. The lowest BCUT2D eigenvalue weighted by atomic mass is 9.99. The highest BCUT2D eigenvalue weighted by Gasteiger charge is 2.36. The third kappa shape index (κ3) is 3.27. The molecule has 0 aromatic carbocycles. The molecular weight excluding hydrogens is 242 g/mol. The van der Waals surface area contributed by atoms with Gasteiger partial charge in [-0.3, -0.25) is 9.69 Å². The Labute approximate surface area is 115 Å². The number of nitrogens with zero attached hydrogens (tertiary/aromatic N) is 1. The van der Waals surface area contributed by atoms with Gasteiger partial charge in [0.15, 0.2) is 0 Å². The van der Waals surface area contributed by atoms with E-state index in [9.17, 15) is 4.79 Å². The number of fused-ring (bicyclic) bond motifs is 1. The predicted molar refractivity (Wildman–Crippen MR) is 73.0 cm³/mol. The molecule has 3 atom stereocenters. The monoisotopic (exact) mass is 267 g/mol. The molecule has 3 aliphatic rings.